The molecule has 0 radical (unpaired) electrons. The third-order valence-electron chi connectivity index (χ3n) is 4.84. The van der Waals surface area contributed by atoms with Crippen LogP contribution in [0.4, 0.5) is 5.82 Å². The van der Waals surface area contributed by atoms with Gasteiger partial charge in [-0.25, -0.2) is 4.98 Å². The van der Waals surface area contributed by atoms with Crippen LogP contribution >= 0.6 is 0 Å². The normalized spacial score (nSPS) is 27.0. The van der Waals surface area contributed by atoms with Gasteiger partial charge in [-0.1, -0.05) is 0 Å². The van der Waals surface area contributed by atoms with E-state index in [9.17, 15) is 5.11 Å². The summed E-state index contributed by atoms with van der Waals surface area (Å²) in [5.74, 6) is 2.15. The van der Waals surface area contributed by atoms with Gasteiger partial charge >= 0.3 is 0 Å². The Kier molecular flexibility index (Phi) is 3.49. The fourth-order valence-electron chi connectivity index (χ4n) is 3.61. The van der Waals surface area contributed by atoms with E-state index >= 15 is 0 Å². The molecule has 2 aromatic rings. The molecule has 0 amide bonds. The van der Waals surface area contributed by atoms with Crippen molar-refractivity contribution in [1.29, 1.82) is 0 Å². The van der Waals surface area contributed by atoms with Gasteiger partial charge in [0.15, 0.2) is 0 Å². The Bertz CT molecular complexity index is 643. The first-order valence-electron chi connectivity index (χ1n) is 7.92. The SMILES string of the molecule is O[C@H]1C[C@H](c2ncn[nH]2)C[C@H]1CNc1cc2c(nn1)CCC2. The summed E-state index contributed by atoms with van der Waals surface area (Å²) in [4.78, 5) is 4.20. The van der Waals surface area contributed by atoms with Crippen molar-refractivity contribution in [3.05, 3.63) is 29.5 Å². The summed E-state index contributed by atoms with van der Waals surface area (Å²) in [7, 11) is 0. The van der Waals surface area contributed by atoms with Crippen LogP contribution in [0.15, 0.2) is 12.4 Å². The van der Waals surface area contributed by atoms with E-state index in [1.807, 2.05) is 0 Å². The van der Waals surface area contributed by atoms with Crippen LogP contribution in [0.2, 0.25) is 0 Å². The van der Waals surface area contributed by atoms with Gasteiger partial charge in [0, 0.05) is 18.4 Å². The van der Waals surface area contributed by atoms with Crippen molar-refractivity contribution in [3.8, 4) is 0 Å². The van der Waals surface area contributed by atoms with Crippen molar-refractivity contribution in [2.24, 2.45) is 5.92 Å². The first-order chi connectivity index (χ1) is 10.8. The molecular formula is C15H20N6O. The Morgan fingerprint density at radius 2 is 2.23 bits per heavy atom. The van der Waals surface area contributed by atoms with Crippen molar-refractivity contribution >= 4 is 5.82 Å². The van der Waals surface area contributed by atoms with Gasteiger partial charge in [-0.2, -0.15) is 10.2 Å². The maximum atomic E-state index is 10.3. The van der Waals surface area contributed by atoms with Crippen LogP contribution in [0, 0.1) is 5.92 Å². The molecule has 116 valence electrons. The second-order valence-electron chi connectivity index (χ2n) is 6.30. The maximum Gasteiger partial charge on any atom is 0.148 e. The average molecular weight is 300 g/mol. The minimum absolute atomic E-state index is 0.199. The first-order valence-corrected chi connectivity index (χ1v) is 7.92. The van der Waals surface area contributed by atoms with Crippen molar-refractivity contribution in [2.75, 3.05) is 11.9 Å². The molecule has 0 bridgehead atoms. The molecule has 3 N–H and O–H groups in total. The van der Waals surface area contributed by atoms with Crippen molar-refractivity contribution in [1.82, 2.24) is 25.4 Å². The Balaban J connectivity index is 1.37. The van der Waals surface area contributed by atoms with Gasteiger partial charge in [0.25, 0.3) is 0 Å². The molecule has 4 rings (SSSR count). The van der Waals surface area contributed by atoms with Crippen molar-refractivity contribution in [2.45, 2.75) is 44.1 Å². The summed E-state index contributed by atoms with van der Waals surface area (Å²) in [6.45, 7) is 0.708. The fraction of sp³-hybridized carbons (Fsp3) is 0.600. The zero-order valence-corrected chi connectivity index (χ0v) is 12.4. The molecule has 1 saturated carbocycles. The average Bonchev–Trinajstić information content (AvgIpc) is 3.25. The van der Waals surface area contributed by atoms with Gasteiger partial charge in [0.2, 0.25) is 0 Å². The number of anilines is 1. The number of nitrogens with zero attached hydrogens (tertiary/aromatic N) is 4. The largest absolute Gasteiger partial charge is 0.393 e. The van der Waals surface area contributed by atoms with Crippen LogP contribution in [0.5, 0.6) is 0 Å². The Hall–Kier alpha value is -2.02. The number of aliphatic hydroxyl groups excluding tert-OH is 1. The fourth-order valence-corrected chi connectivity index (χ4v) is 3.61. The van der Waals surface area contributed by atoms with Crippen molar-refractivity contribution < 1.29 is 5.11 Å². The van der Waals surface area contributed by atoms with Crippen LogP contribution < -0.4 is 5.32 Å². The zero-order valence-electron chi connectivity index (χ0n) is 12.4. The molecule has 2 aliphatic carbocycles. The van der Waals surface area contributed by atoms with Gasteiger partial charge < -0.3 is 10.4 Å². The van der Waals surface area contributed by atoms with E-state index in [2.05, 4.69) is 36.8 Å². The van der Waals surface area contributed by atoms with E-state index in [-0.39, 0.29) is 17.9 Å². The second-order valence-corrected chi connectivity index (χ2v) is 6.30. The minimum atomic E-state index is -0.315. The number of rotatable bonds is 4. The first kappa shape index (κ1) is 13.6. The van der Waals surface area contributed by atoms with E-state index in [4.69, 9.17) is 0 Å². The van der Waals surface area contributed by atoms with Gasteiger partial charge in [-0.3, -0.25) is 5.10 Å². The highest BCUT2D eigenvalue weighted by atomic mass is 16.3. The summed E-state index contributed by atoms with van der Waals surface area (Å²) in [6, 6.07) is 2.10. The number of hydrogen-bond acceptors (Lipinski definition) is 6. The number of fused-ring (bicyclic) bond motifs is 1. The summed E-state index contributed by atoms with van der Waals surface area (Å²) in [5.41, 5.74) is 2.45. The predicted octanol–water partition coefficient (Wildman–Crippen LogP) is 1.05. The number of aromatic nitrogens is 5. The van der Waals surface area contributed by atoms with E-state index in [0.29, 0.717) is 6.54 Å². The topological polar surface area (TPSA) is 99.6 Å². The number of aryl methyl sites for hydroxylation is 2. The van der Waals surface area contributed by atoms with Crippen LogP contribution in [-0.2, 0) is 12.8 Å². The molecule has 1 fully saturated rings. The highest BCUT2D eigenvalue weighted by Gasteiger charge is 2.35. The maximum absolute atomic E-state index is 10.3. The number of hydrogen-bond donors (Lipinski definition) is 3. The van der Waals surface area contributed by atoms with Crippen molar-refractivity contribution in [3.63, 3.8) is 0 Å². The summed E-state index contributed by atoms with van der Waals surface area (Å²) in [5, 5.41) is 28.9. The van der Waals surface area contributed by atoms with Crippen LogP contribution in [0.25, 0.3) is 0 Å². The standard InChI is InChI=1S/C15H20N6O/c22-13-5-10(15-17-8-18-21-15)4-11(13)7-16-14-6-9-2-1-3-12(9)19-20-14/h6,8,10-11,13,22H,1-5,7H2,(H,16,20)(H,17,18,21)/t10-,11+,13+/m1/s1. The lowest BCUT2D eigenvalue weighted by Gasteiger charge is -2.15. The highest BCUT2D eigenvalue weighted by Crippen LogP contribution is 2.37. The van der Waals surface area contributed by atoms with Gasteiger partial charge in [0.1, 0.15) is 18.0 Å². The Morgan fingerprint density at radius 1 is 1.27 bits per heavy atom. The van der Waals surface area contributed by atoms with E-state index < -0.39 is 0 Å². The molecule has 7 heteroatoms. The molecule has 0 aromatic carbocycles. The lowest BCUT2D eigenvalue weighted by atomic mass is 10.0. The molecule has 0 unspecified atom stereocenters. The molecule has 7 nitrogen and oxygen atoms in total. The van der Waals surface area contributed by atoms with E-state index in [1.165, 1.54) is 18.3 Å². The third-order valence-corrected chi connectivity index (χ3v) is 4.84. The smallest absolute Gasteiger partial charge is 0.148 e. The van der Waals surface area contributed by atoms with Crippen LogP contribution in [-0.4, -0.2) is 43.1 Å². The second kappa shape index (κ2) is 5.64. The van der Waals surface area contributed by atoms with Crippen LogP contribution in [0.1, 0.15) is 42.3 Å². The molecule has 0 saturated heterocycles. The van der Waals surface area contributed by atoms with Gasteiger partial charge in [-0.05, 0) is 43.7 Å². The molecule has 2 aromatic heterocycles. The molecule has 3 atom stereocenters. The number of aliphatic hydroxyl groups is 1. The molecule has 0 spiro atoms. The predicted molar refractivity (Wildman–Crippen MR) is 80.4 cm³/mol. The monoisotopic (exact) mass is 300 g/mol. The lowest BCUT2D eigenvalue weighted by Crippen LogP contribution is -2.22. The summed E-state index contributed by atoms with van der Waals surface area (Å²) < 4.78 is 0. The number of H-pyrrole nitrogens is 1. The summed E-state index contributed by atoms with van der Waals surface area (Å²) >= 11 is 0. The molecule has 22 heavy (non-hydrogen) atoms. The van der Waals surface area contributed by atoms with Gasteiger partial charge in [0.05, 0.1) is 11.8 Å². The lowest BCUT2D eigenvalue weighted by molar-refractivity contribution is 0.137. The third kappa shape index (κ3) is 2.56. The number of aromatic amines is 1. The van der Waals surface area contributed by atoms with Crippen LogP contribution in [0.3, 0.4) is 0 Å². The quantitative estimate of drug-likeness (QED) is 0.780. The Morgan fingerprint density at radius 3 is 3.09 bits per heavy atom. The molecule has 2 heterocycles. The minimum Gasteiger partial charge on any atom is -0.393 e. The molecule has 2 aliphatic rings. The van der Waals surface area contributed by atoms with E-state index in [1.54, 1.807) is 0 Å². The van der Waals surface area contributed by atoms with Gasteiger partial charge in [-0.15, -0.1) is 5.10 Å². The van der Waals surface area contributed by atoms with E-state index in [0.717, 1.165) is 43.0 Å². The number of nitrogens with one attached hydrogen (secondary N) is 2. The summed E-state index contributed by atoms with van der Waals surface area (Å²) in [6.07, 6.45) is 6.16. The Labute approximate surface area is 128 Å². The molecular weight excluding hydrogens is 280 g/mol. The highest BCUT2D eigenvalue weighted by molar-refractivity contribution is 5.39. The zero-order chi connectivity index (χ0) is 14.9. The molecule has 0 aliphatic heterocycles.